The summed E-state index contributed by atoms with van der Waals surface area (Å²) < 4.78 is 13.1. The van der Waals surface area contributed by atoms with Gasteiger partial charge in [0.2, 0.25) is 0 Å². The Balaban J connectivity index is 1.57. The summed E-state index contributed by atoms with van der Waals surface area (Å²) in [6, 6.07) is 10.3. The molecule has 0 bridgehead atoms. The van der Waals surface area contributed by atoms with Crippen molar-refractivity contribution in [3.05, 3.63) is 75.3 Å². The normalized spacial score (nSPS) is 14.0. The summed E-state index contributed by atoms with van der Waals surface area (Å²) in [5.41, 5.74) is 1.64. The van der Waals surface area contributed by atoms with Gasteiger partial charge < -0.3 is 19.8 Å². The Morgan fingerprint density at radius 1 is 1.26 bits per heavy atom. The number of rotatable bonds is 5. The third kappa shape index (κ3) is 4.25. The van der Waals surface area contributed by atoms with E-state index in [1.165, 1.54) is 4.57 Å². The number of carbonyl (C=O) groups is 1. The second kappa shape index (κ2) is 8.77. The number of ether oxygens (including phenoxy) is 2. The molecule has 160 valence electrons. The molecular formula is C23H23N3O4S. The maximum atomic E-state index is 12.9. The van der Waals surface area contributed by atoms with Crippen LogP contribution in [0.15, 0.2) is 53.8 Å². The molecule has 2 heterocycles. The number of hydrogen-bond acceptors (Lipinski definition) is 5. The lowest BCUT2D eigenvalue weighted by Crippen LogP contribution is -2.27. The minimum Gasteiger partial charge on any atom is -0.490 e. The van der Waals surface area contributed by atoms with E-state index in [0.29, 0.717) is 47.7 Å². The quantitative estimate of drug-likeness (QED) is 0.467. The van der Waals surface area contributed by atoms with Crippen molar-refractivity contribution in [2.75, 3.05) is 13.2 Å². The largest absolute Gasteiger partial charge is 0.490 e. The summed E-state index contributed by atoms with van der Waals surface area (Å²) in [6.07, 6.45) is 2.44. The lowest BCUT2D eigenvalue weighted by molar-refractivity contribution is 0.0940. The number of hydrogen-bond donors (Lipinski definition) is 2. The van der Waals surface area contributed by atoms with E-state index in [-0.39, 0.29) is 22.3 Å². The molecule has 1 unspecified atom stereocenters. The van der Waals surface area contributed by atoms with Crippen LogP contribution in [0.3, 0.4) is 0 Å². The third-order valence-corrected chi connectivity index (χ3v) is 5.50. The first kappa shape index (κ1) is 20.9. The van der Waals surface area contributed by atoms with Crippen LogP contribution < -0.4 is 20.3 Å². The second-order valence-electron chi connectivity index (χ2n) is 7.35. The fraction of sp³-hybridized carbons (Fsp3) is 0.261. The highest BCUT2D eigenvalue weighted by Gasteiger charge is 2.17. The number of aromatic amines is 1. The molecule has 8 heteroatoms. The lowest BCUT2D eigenvalue weighted by Gasteiger charge is -2.17. The molecule has 0 saturated heterocycles. The molecule has 0 saturated carbocycles. The third-order valence-electron chi connectivity index (χ3n) is 5.17. The standard InChI is InChI=1S/C23H23N3O4S/c1-3-9-26-22(28)17-7-5-16(12-18(17)25-23(26)31)21(27)24-14(2)15-6-8-19-20(13-15)30-11-4-10-29-19/h3,5-8,12-14H,1,4,9-11H2,2H3,(H,24,27)(H,25,31). The van der Waals surface area contributed by atoms with E-state index in [2.05, 4.69) is 16.9 Å². The van der Waals surface area contributed by atoms with E-state index < -0.39 is 0 Å². The van der Waals surface area contributed by atoms with Crippen LogP contribution in [0.4, 0.5) is 0 Å². The smallest absolute Gasteiger partial charge is 0.262 e. The first-order chi connectivity index (χ1) is 15.0. The monoisotopic (exact) mass is 437 g/mol. The molecule has 1 aromatic heterocycles. The van der Waals surface area contributed by atoms with Crippen molar-refractivity contribution in [1.29, 1.82) is 0 Å². The number of benzene rings is 2. The van der Waals surface area contributed by atoms with Crippen molar-refractivity contribution in [2.24, 2.45) is 0 Å². The van der Waals surface area contributed by atoms with Gasteiger partial charge in [0.05, 0.1) is 30.2 Å². The Hall–Kier alpha value is -3.39. The van der Waals surface area contributed by atoms with Gasteiger partial charge in [0, 0.05) is 18.5 Å². The molecule has 1 atom stereocenters. The Labute approximate surface area is 184 Å². The molecule has 0 spiro atoms. The number of carbonyl (C=O) groups excluding carboxylic acids is 1. The average Bonchev–Trinajstić information content (AvgIpc) is 3.01. The number of nitrogens with one attached hydrogen (secondary N) is 2. The average molecular weight is 438 g/mol. The molecule has 0 fully saturated rings. The van der Waals surface area contributed by atoms with Gasteiger partial charge in [-0.2, -0.15) is 0 Å². The molecule has 2 N–H and O–H groups in total. The summed E-state index contributed by atoms with van der Waals surface area (Å²) in [7, 11) is 0. The van der Waals surface area contributed by atoms with Crippen molar-refractivity contribution < 1.29 is 14.3 Å². The highest BCUT2D eigenvalue weighted by Crippen LogP contribution is 2.32. The van der Waals surface area contributed by atoms with Gasteiger partial charge in [0.25, 0.3) is 11.5 Å². The molecule has 7 nitrogen and oxygen atoms in total. The molecule has 0 radical (unpaired) electrons. The zero-order valence-electron chi connectivity index (χ0n) is 17.1. The lowest BCUT2D eigenvalue weighted by atomic mass is 10.1. The zero-order valence-corrected chi connectivity index (χ0v) is 18.0. The Kier molecular flexibility index (Phi) is 5.90. The summed E-state index contributed by atoms with van der Waals surface area (Å²) in [5.74, 6) is 1.15. The van der Waals surface area contributed by atoms with E-state index in [1.54, 1.807) is 24.3 Å². The summed E-state index contributed by atoms with van der Waals surface area (Å²) >= 11 is 5.27. The van der Waals surface area contributed by atoms with Crippen LogP contribution in [0.1, 0.15) is 35.3 Å². The minimum absolute atomic E-state index is 0.217. The molecular weight excluding hydrogens is 414 g/mol. The van der Waals surface area contributed by atoms with E-state index >= 15 is 0 Å². The number of fused-ring (bicyclic) bond motifs is 2. The summed E-state index contributed by atoms with van der Waals surface area (Å²) in [5, 5.41) is 3.45. The van der Waals surface area contributed by atoms with E-state index in [4.69, 9.17) is 21.7 Å². The van der Waals surface area contributed by atoms with Crippen molar-refractivity contribution >= 4 is 29.0 Å². The highest BCUT2D eigenvalue weighted by molar-refractivity contribution is 7.71. The summed E-state index contributed by atoms with van der Waals surface area (Å²) in [6.45, 7) is 7.10. The Bertz CT molecular complexity index is 1280. The van der Waals surface area contributed by atoms with Gasteiger partial charge in [0.1, 0.15) is 0 Å². The number of amides is 1. The molecule has 3 aromatic rings. The molecule has 31 heavy (non-hydrogen) atoms. The van der Waals surface area contributed by atoms with Crippen LogP contribution in [0.5, 0.6) is 11.5 Å². The number of nitrogens with zero attached hydrogens (tertiary/aromatic N) is 1. The van der Waals surface area contributed by atoms with Gasteiger partial charge in [-0.15, -0.1) is 6.58 Å². The maximum absolute atomic E-state index is 12.9. The van der Waals surface area contributed by atoms with Gasteiger partial charge in [-0.1, -0.05) is 12.1 Å². The molecule has 1 amide bonds. The van der Waals surface area contributed by atoms with Gasteiger partial charge in [0.15, 0.2) is 16.3 Å². The minimum atomic E-state index is -0.254. The van der Waals surface area contributed by atoms with Gasteiger partial charge in [-0.25, -0.2) is 0 Å². The van der Waals surface area contributed by atoms with Crippen molar-refractivity contribution in [2.45, 2.75) is 25.9 Å². The van der Waals surface area contributed by atoms with Crippen LogP contribution in [-0.2, 0) is 6.54 Å². The van der Waals surface area contributed by atoms with Crippen LogP contribution >= 0.6 is 12.2 Å². The van der Waals surface area contributed by atoms with Crippen LogP contribution in [-0.4, -0.2) is 28.7 Å². The fourth-order valence-corrected chi connectivity index (χ4v) is 3.77. The van der Waals surface area contributed by atoms with E-state index in [9.17, 15) is 9.59 Å². The second-order valence-corrected chi connectivity index (χ2v) is 7.73. The predicted octanol–water partition coefficient (Wildman–Crippen LogP) is 3.90. The van der Waals surface area contributed by atoms with Crippen LogP contribution in [0.25, 0.3) is 10.9 Å². The number of aromatic nitrogens is 2. The molecule has 2 aromatic carbocycles. The number of H-pyrrole nitrogens is 1. The summed E-state index contributed by atoms with van der Waals surface area (Å²) in [4.78, 5) is 28.5. The van der Waals surface area contributed by atoms with Gasteiger partial charge in [-0.05, 0) is 55.0 Å². The first-order valence-corrected chi connectivity index (χ1v) is 10.5. The number of allylic oxidation sites excluding steroid dienone is 1. The molecule has 1 aliphatic rings. The van der Waals surface area contributed by atoms with E-state index in [0.717, 1.165) is 12.0 Å². The van der Waals surface area contributed by atoms with Gasteiger partial charge in [-0.3, -0.25) is 14.2 Å². The van der Waals surface area contributed by atoms with Crippen molar-refractivity contribution in [1.82, 2.24) is 14.9 Å². The predicted molar refractivity (Wildman–Crippen MR) is 122 cm³/mol. The SMILES string of the molecule is C=CCn1c(=S)[nH]c2cc(C(=O)NC(C)c3ccc4c(c3)OCCCO4)ccc2c1=O. The molecule has 4 rings (SSSR count). The van der Waals surface area contributed by atoms with Crippen LogP contribution in [0.2, 0.25) is 0 Å². The van der Waals surface area contributed by atoms with Crippen molar-refractivity contribution in [3.63, 3.8) is 0 Å². The zero-order chi connectivity index (χ0) is 22.0. The van der Waals surface area contributed by atoms with E-state index in [1.807, 2.05) is 25.1 Å². The highest BCUT2D eigenvalue weighted by atomic mass is 32.1. The molecule has 1 aliphatic heterocycles. The first-order valence-electron chi connectivity index (χ1n) is 10.1. The fourth-order valence-electron chi connectivity index (χ4n) is 3.50. The maximum Gasteiger partial charge on any atom is 0.262 e. The van der Waals surface area contributed by atoms with Crippen LogP contribution in [0, 0.1) is 4.77 Å². The van der Waals surface area contributed by atoms with Crippen molar-refractivity contribution in [3.8, 4) is 11.5 Å². The topological polar surface area (TPSA) is 85.3 Å². The Morgan fingerprint density at radius 3 is 2.81 bits per heavy atom. The molecule has 0 aliphatic carbocycles. The van der Waals surface area contributed by atoms with Gasteiger partial charge >= 0.3 is 0 Å². The Morgan fingerprint density at radius 2 is 2.03 bits per heavy atom.